The van der Waals surface area contributed by atoms with E-state index in [4.69, 9.17) is 4.42 Å². The standard InChI is InChI=1S/C25H23N3O3/c1-17-10-11-23-21(13-17)22(14-18(2)26-23)25(30)28(15-20-9-6-12-31-20)16-24(29)27-19-7-4-3-5-8-19/h3-14H,15-16H2,1-2H3,(H,27,29). The van der Waals surface area contributed by atoms with Gasteiger partial charge in [0.05, 0.1) is 23.9 Å². The molecule has 156 valence electrons. The van der Waals surface area contributed by atoms with E-state index in [0.29, 0.717) is 17.0 Å². The molecular formula is C25H23N3O3. The van der Waals surface area contributed by atoms with Crippen molar-refractivity contribution in [2.75, 3.05) is 11.9 Å². The summed E-state index contributed by atoms with van der Waals surface area (Å²) in [5, 5.41) is 3.61. The number of nitrogens with zero attached hydrogens (tertiary/aromatic N) is 2. The highest BCUT2D eigenvalue weighted by molar-refractivity contribution is 6.07. The van der Waals surface area contributed by atoms with Crippen LogP contribution in [-0.4, -0.2) is 28.2 Å². The van der Waals surface area contributed by atoms with E-state index in [-0.39, 0.29) is 24.9 Å². The molecule has 0 aliphatic heterocycles. The second-order valence-electron chi connectivity index (χ2n) is 7.49. The third-order valence-electron chi connectivity index (χ3n) is 4.93. The van der Waals surface area contributed by atoms with Crippen LogP contribution >= 0.6 is 0 Å². The molecule has 6 heteroatoms. The van der Waals surface area contributed by atoms with Gasteiger partial charge in [0.15, 0.2) is 0 Å². The molecule has 2 aromatic carbocycles. The minimum Gasteiger partial charge on any atom is -0.467 e. The van der Waals surface area contributed by atoms with Crippen molar-refractivity contribution in [2.24, 2.45) is 0 Å². The van der Waals surface area contributed by atoms with Crippen LogP contribution in [0.4, 0.5) is 5.69 Å². The summed E-state index contributed by atoms with van der Waals surface area (Å²) in [6.07, 6.45) is 1.55. The molecule has 0 atom stereocenters. The second-order valence-corrected chi connectivity index (χ2v) is 7.49. The number of carbonyl (C=O) groups is 2. The predicted octanol–water partition coefficient (Wildman–Crippen LogP) is 4.73. The van der Waals surface area contributed by atoms with Gasteiger partial charge in [0, 0.05) is 16.8 Å². The van der Waals surface area contributed by atoms with Crippen molar-refractivity contribution in [3.63, 3.8) is 0 Å². The van der Waals surface area contributed by atoms with Gasteiger partial charge in [0.25, 0.3) is 5.91 Å². The Kier molecular flexibility index (Phi) is 5.80. The van der Waals surface area contributed by atoms with Crippen LogP contribution in [0.2, 0.25) is 0 Å². The molecule has 2 heterocycles. The number of anilines is 1. The highest BCUT2D eigenvalue weighted by atomic mass is 16.3. The summed E-state index contributed by atoms with van der Waals surface area (Å²) in [6.45, 7) is 3.91. The van der Waals surface area contributed by atoms with E-state index in [1.54, 1.807) is 36.6 Å². The Morgan fingerprint density at radius 2 is 1.81 bits per heavy atom. The number of nitrogens with one attached hydrogen (secondary N) is 1. The van der Waals surface area contributed by atoms with Crippen molar-refractivity contribution >= 4 is 28.4 Å². The van der Waals surface area contributed by atoms with E-state index in [2.05, 4.69) is 10.3 Å². The fraction of sp³-hybridized carbons (Fsp3) is 0.160. The Hall–Kier alpha value is -3.93. The van der Waals surface area contributed by atoms with E-state index < -0.39 is 0 Å². The van der Waals surface area contributed by atoms with Crippen LogP contribution in [0.3, 0.4) is 0 Å². The van der Waals surface area contributed by atoms with E-state index in [1.165, 1.54) is 4.90 Å². The third-order valence-corrected chi connectivity index (χ3v) is 4.93. The Labute approximate surface area is 180 Å². The van der Waals surface area contributed by atoms with Crippen LogP contribution < -0.4 is 5.32 Å². The minimum atomic E-state index is -0.280. The quantitative estimate of drug-likeness (QED) is 0.496. The highest BCUT2D eigenvalue weighted by Crippen LogP contribution is 2.22. The SMILES string of the molecule is Cc1ccc2nc(C)cc(C(=O)N(CC(=O)Nc3ccccc3)Cc3ccco3)c2c1. The van der Waals surface area contributed by atoms with Crippen molar-refractivity contribution in [1.29, 1.82) is 0 Å². The molecule has 0 saturated carbocycles. The largest absolute Gasteiger partial charge is 0.467 e. The molecule has 0 aliphatic carbocycles. The molecule has 4 aromatic rings. The number of carbonyl (C=O) groups excluding carboxylic acids is 2. The molecule has 2 aromatic heterocycles. The van der Waals surface area contributed by atoms with Gasteiger partial charge in [-0.05, 0) is 56.3 Å². The van der Waals surface area contributed by atoms with E-state index in [9.17, 15) is 9.59 Å². The third kappa shape index (κ3) is 4.80. The number of hydrogen-bond acceptors (Lipinski definition) is 4. The van der Waals surface area contributed by atoms with Crippen molar-refractivity contribution in [3.8, 4) is 0 Å². The Balaban J connectivity index is 1.66. The Bertz CT molecular complexity index is 1220. The maximum Gasteiger partial charge on any atom is 0.255 e. The summed E-state index contributed by atoms with van der Waals surface area (Å²) in [7, 11) is 0. The number of hydrogen-bond donors (Lipinski definition) is 1. The second kappa shape index (κ2) is 8.83. The lowest BCUT2D eigenvalue weighted by molar-refractivity contribution is -0.117. The molecule has 6 nitrogen and oxygen atoms in total. The molecule has 0 saturated heterocycles. The van der Waals surface area contributed by atoms with Crippen LogP contribution in [0.15, 0.2) is 77.4 Å². The van der Waals surface area contributed by atoms with Gasteiger partial charge in [-0.25, -0.2) is 0 Å². The predicted molar refractivity (Wildman–Crippen MR) is 120 cm³/mol. The molecule has 0 spiro atoms. The summed E-state index contributed by atoms with van der Waals surface area (Å²) in [4.78, 5) is 32.4. The highest BCUT2D eigenvalue weighted by Gasteiger charge is 2.23. The first-order valence-corrected chi connectivity index (χ1v) is 10.0. The molecule has 4 rings (SSSR count). The number of benzene rings is 2. The van der Waals surface area contributed by atoms with Gasteiger partial charge in [-0.15, -0.1) is 0 Å². The fourth-order valence-corrected chi connectivity index (χ4v) is 3.50. The molecule has 0 bridgehead atoms. The van der Waals surface area contributed by atoms with Gasteiger partial charge in [0.1, 0.15) is 12.3 Å². The van der Waals surface area contributed by atoms with E-state index in [1.807, 2.05) is 50.2 Å². The normalized spacial score (nSPS) is 10.8. The summed E-state index contributed by atoms with van der Waals surface area (Å²) >= 11 is 0. The van der Waals surface area contributed by atoms with E-state index in [0.717, 1.165) is 22.2 Å². The summed E-state index contributed by atoms with van der Waals surface area (Å²) in [6, 6.07) is 20.3. The van der Waals surface area contributed by atoms with Crippen LogP contribution in [0.5, 0.6) is 0 Å². The molecule has 0 fully saturated rings. The van der Waals surface area contributed by atoms with Crippen molar-refractivity contribution in [1.82, 2.24) is 9.88 Å². The fourth-order valence-electron chi connectivity index (χ4n) is 3.50. The summed E-state index contributed by atoms with van der Waals surface area (Å²) < 4.78 is 5.44. The van der Waals surface area contributed by atoms with Crippen LogP contribution in [-0.2, 0) is 11.3 Å². The lowest BCUT2D eigenvalue weighted by Gasteiger charge is -2.22. The number of aryl methyl sites for hydroxylation is 2. The Morgan fingerprint density at radius 1 is 1.00 bits per heavy atom. The van der Waals surface area contributed by atoms with Crippen molar-refractivity contribution in [2.45, 2.75) is 20.4 Å². The van der Waals surface area contributed by atoms with Gasteiger partial charge in [-0.2, -0.15) is 0 Å². The van der Waals surface area contributed by atoms with Crippen LogP contribution in [0.25, 0.3) is 10.9 Å². The summed E-state index contributed by atoms with van der Waals surface area (Å²) in [5.74, 6) is 0.0743. The summed E-state index contributed by atoms with van der Waals surface area (Å²) in [5.41, 5.74) is 3.72. The molecule has 0 aliphatic rings. The maximum absolute atomic E-state index is 13.6. The zero-order valence-corrected chi connectivity index (χ0v) is 17.5. The Morgan fingerprint density at radius 3 is 2.55 bits per heavy atom. The number of furan rings is 1. The number of fused-ring (bicyclic) bond motifs is 1. The molecule has 1 N–H and O–H groups in total. The number of aromatic nitrogens is 1. The van der Waals surface area contributed by atoms with Gasteiger partial charge in [0.2, 0.25) is 5.91 Å². The number of rotatable bonds is 6. The number of pyridine rings is 1. The van der Waals surface area contributed by atoms with Gasteiger partial charge < -0.3 is 14.6 Å². The lowest BCUT2D eigenvalue weighted by Crippen LogP contribution is -2.37. The average Bonchev–Trinajstić information content (AvgIpc) is 3.26. The molecule has 0 unspecified atom stereocenters. The van der Waals surface area contributed by atoms with Crippen molar-refractivity contribution in [3.05, 3.63) is 95.6 Å². The monoisotopic (exact) mass is 413 g/mol. The first kappa shape index (κ1) is 20.3. The van der Waals surface area contributed by atoms with Crippen molar-refractivity contribution < 1.29 is 14.0 Å². The first-order valence-electron chi connectivity index (χ1n) is 10.0. The zero-order chi connectivity index (χ0) is 21.8. The van der Waals surface area contributed by atoms with Crippen LogP contribution in [0.1, 0.15) is 27.4 Å². The maximum atomic E-state index is 13.6. The first-order chi connectivity index (χ1) is 15.0. The minimum absolute atomic E-state index is 0.108. The molecule has 31 heavy (non-hydrogen) atoms. The zero-order valence-electron chi connectivity index (χ0n) is 17.5. The number of para-hydroxylation sites is 1. The van der Waals surface area contributed by atoms with Gasteiger partial charge >= 0.3 is 0 Å². The molecular weight excluding hydrogens is 390 g/mol. The topological polar surface area (TPSA) is 75.4 Å². The average molecular weight is 413 g/mol. The van der Waals surface area contributed by atoms with Gasteiger partial charge in [-0.3, -0.25) is 14.6 Å². The number of amides is 2. The molecule has 2 amide bonds. The lowest BCUT2D eigenvalue weighted by atomic mass is 10.0. The van der Waals surface area contributed by atoms with Gasteiger partial charge in [-0.1, -0.05) is 29.8 Å². The van der Waals surface area contributed by atoms with Crippen LogP contribution in [0, 0.1) is 13.8 Å². The molecule has 0 radical (unpaired) electrons. The smallest absolute Gasteiger partial charge is 0.255 e. The van der Waals surface area contributed by atoms with E-state index >= 15 is 0 Å².